The van der Waals surface area contributed by atoms with Crippen LogP contribution in [0.5, 0.6) is 0 Å². The first-order valence-electron chi connectivity index (χ1n) is 4.00. The number of hydrogen-bond donors (Lipinski definition) is 1. The standard InChI is InChI=1S/C7H11N3O3/c1-2-3-9-6(5-11)8-4-7(9)10(12)13/h4,11H,2-3,5H2,1H3. The van der Waals surface area contributed by atoms with Gasteiger partial charge in [0.05, 0.1) is 6.54 Å². The minimum absolute atomic E-state index is 0.0640. The number of nitro groups is 1. The molecule has 1 aromatic heterocycles. The number of aromatic nitrogens is 2. The van der Waals surface area contributed by atoms with Crippen molar-refractivity contribution >= 4 is 5.82 Å². The lowest BCUT2D eigenvalue weighted by Gasteiger charge is -2.00. The van der Waals surface area contributed by atoms with E-state index in [9.17, 15) is 10.1 Å². The van der Waals surface area contributed by atoms with Gasteiger partial charge in [0, 0.05) is 0 Å². The molecule has 0 unspecified atom stereocenters. The van der Waals surface area contributed by atoms with Crippen LogP contribution in [0.2, 0.25) is 0 Å². The molecule has 0 fully saturated rings. The topological polar surface area (TPSA) is 81.2 Å². The van der Waals surface area contributed by atoms with Crippen molar-refractivity contribution in [3.05, 3.63) is 22.1 Å². The number of aliphatic hydroxyl groups is 1. The van der Waals surface area contributed by atoms with Gasteiger partial charge in [-0.3, -0.25) is 0 Å². The second kappa shape index (κ2) is 3.99. The molecule has 0 aliphatic carbocycles. The lowest BCUT2D eigenvalue weighted by Crippen LogP contribution is -2.06. The maximum Gasteiger partial charge on any atom is 0.342 e. The largest absolute Gasteiger partial charge is 0.386 e. The molecule has 6 heteroatoms. The van der Waals surface area contributed by atoms with Crippen molar-refractivity contribution in [1.29, 1.82) is 0 Å². The molecule has 1 heterocycles. The van der Waals surface area contributed by atoms with Gasteiger partial charge in [-0.2, -0.15) is 0 Å². The van der Waals surface area contributed by atoms with Crippen LogP contribution in [0.1, 0.15) is 19.2 Å². The van der Waals surface area contributed by atoms with Crippen LogP contribution in [-0.2, 0) is 13.2 Å². The highest BCUT2D eigenvalue weighted by Crippen LogP contribution is 2.14. The lowest BCUT2D eigenvalue weighted by atomic mass is 10.4. The Morgan fingerprint density at radius 3 is 2.92 bits per heavy atom. The summed E-state index contributed by atoms with van der Waals surface area (Å²) in [6, 6.07) is 0. The highest BCUT2D eigenvalue weighted by atomic mass is 16.6. The van der Waals surface area contributed by atoms with Gasteiger partial charge in [-0.1, -0.05) is 6.92 Å². The zero-order chi connectivity index (χ0) is 9.84. The normalized spacial score (nSPS) is 10.3. The average Bonchev–Trinajstić information content (AvgIpc) is 2.48. The maximum absolute atomic E-state index is 10.5. The molecule has 13 heavy (non-hydrogen) atoms. The highest BCUT2D eigenvalue weighted by molar-refractivity contribution is 5.18. The summed E-state index contributed by atoms with van der Waals surface area (Å²) in [5, 5.41) is 19.3. The van der Waals surface area contributed by atoms with Crippen molar-refractivity contribution in [2.24, 2.45) is 0 Å². The second-order valence-corrected chi connectivity index (χ2v) is 2.60. The fourth-order valence-electron chi connectivity index (χ4n) is 1.14. The summed E-state index contributed by atoms with van der Waals surface area (Å²) in [5.41, 5.74) is 0. The summed E-state index contributed by atoms with van der Waals surface area (Å²) in [6.45, 7) is 2.14. The first-order valence-corrected chi connectivity index (χ1v) is 4.00. The Morgan fingerprint density at radius 1 is 1.77 bits per heavy atom. The summed E-state index contributed by atoms with van der Waals surface area (Å²) in [7, 11) is 0. The third kappa shape index (κ3) is 1.83. The molecule has 6 nitrogen and oxygen atoms in total. The molecule has 1 rings (SSSR count). The summed E-state index contributed by atoms with van der Waals surface area (Å²) >= 11 is 0. The summed E-state index contributed by atoms with van der Waals surface area (Å²) in [5.74, 6) is 0.277. The van der Waals surface area contributed by atoms with Crippen LogP contribution in [0.4, 0.5) is 5.82 Å². The van der Waals surface area contributed by atoms with Crippen LogP contribution in [0.15, 0.2) is 6.20 Å². The summed E-state index contributed by atoms with van der Waals surface area (Å²) < 4.78 is 1.42. The minimum Gasteiger partial charge on any atom is -0.386 e. The Hall–Kier alpha value is -1.43. The van der Waals surface area contributed by atoms with E-state index in [0.717, 1.165) is 6.42 Å². The summed E-state index contributed by atoms with van der Waals surface area (Å²) in [6.07, 6.45) is 1.94. The van der Waals surface area contributed by atoms with Gasteiger partial charge in [-0.05, 0) is 11.3 Å². The van der Waals surface area contributed by atoms with Crippen LogP contribution in [-0.4, -0.2) is 19.6 Å². The molecule has 72 valence electrons. The van der Waals surface area contributed by atoms with Crippen molar-refractivity contribution < 1.29 is 10.0 Å². The van der Waals surface area contributed by atoms with Crippen LogP contribution in [0, 0.1) is 10.1 Å². The molecule has 0 saturated carbocycles. The molecular formula is C7H11N3O3. The van der Waals surface area contributed by atoms with Crippen LogP contribution >= 0.6 is 0 Å². The number of nitrogens with zero attached hydrogens (tertiary/aromatic N) is 3. The molecule has 0 aliphatic rings. The van der Waals surface area contributed by atoms with Gasteiger partial charge in [0.15, 0.2) is 0 Å². The number of imidazole rings is 1. The molecule has 0 aromatic carbocycles. The highest BCUT2D eigenvalue weighted by Gasteiger charge is 2.17. The number of rotatable bonds is 4. The van der Waals surface area contributed by atoms with Gasteiger partial charge in [-0.15, -0.1) is 0 Å². The molecule has 1 N–H and O–H groups in total. The maximum atomic E-state index is 10.5. The fraction of sp³-hybridized carbons (Fsp3) is 0.571. The Balaban J connectivity index is 3.06. The minimum atomic E-state index is -0.498. The molecule has 0 spiro atoms. The van der Waals surface area contributed by atoms with E-state index in [-0.39, 0.29) is 12.4 Å². The van der Waals surface area contributed by atoms with Crippen LogP contribution < -0.4 is 0 Å². The van der Waals surface area contributed by atoms with Crippen molar-refractivity contribution in [3.8, 4) is 0 Å². The third-order valence-corrected chi connectivity index (χ3v) is 1.69. The smallest absolute Gasteiger partial charge is 0.342 e. The van der Waals surface area contributed by atoms with Crippen molar-refractivity contribution in [2.75, 3.05) is 0 Å². The zero-order valence-corrected chi connectivity index (χ0v) is 7.30. The zero-order valence-electron chi connectivity index (χ0n) is 7.30. The molecular weight excluding hydrogens is 174 g/mol. The van der Waals surface area contributed by atoms with E-state index < -0.39 is 4.92 Å². The van der Waals surface area contributed by atoms with Crippen molar-refractivity contribution in [2.45, 2.75) is 26.5 Å². The first kappa shape index (κ1) is 9.66. The van der Waals surface area contributed by atoms with Gasteiger partial charge < -0.3 is 15.2 Å². The van der Waals surface area contributed by atoms with E-state index in [2.05, 4.69) is 4.98 Å². The van der Waals surface area contributed by atoms with Crippen LogP contribution in [0.25, 0.3) is 0 Å². The Bertz CT molecular complexity index is 308. The Kier molecular flexibility index (Phi) is 2.97. The van der Waals surface area contributed by atoms with E-state index in [0.29, 0.717) is 12.4 Å². The Morgan fingerprint density at radius 2 is 2.46 bits per heavy atom. The molecule has 0 radical (unpaired) electrons. The predicted octanol–water partition coefficient (Wildman–Crippen LogP) is 0.694. The molecule has 0 saturated heterocycles. The summed E-state index contributed by atoms with van der Waals surface area (Å²) in [4.78, 5) is 13.7. The lowest BCUT2D eigenvalue weighted by molar-refractivity contribution is -0.392. The van der Waals surface area contributed by atoms with E-state index in [1.807, 2.05) is 6.92 Å². The number of hydrogen-bond acceptors (Lipinski definition) is 4. The van der Waals surface area contributed by atoms with Gasteiger partial charge in [0.25, 0.3) is 0 Å². The van der Waals surface area contributed by atoms with E-state index >= 15 is 0 Å². The van der Waals surface area contributed by atoms with Gasteiger partial charge in [-0.25, -0.2) is 9.55 Å². The molecule has 0 atom stereocenters. The third-order valence-electron chi connectivity index (χ3n) is 1.69. The van der Waals surface area contributed by atoms with Crippen LogP contribution in [0.3, 0.4) is 0 Å². The second-order valence-electron chi connectivity index (χ2n) is 2.60. The molecule has 0 bridgehead atoms. The molecule has 0 amide bonds. The van der Waals surface area contributed by atoms with E-state index in [1.165, 1.54) is 10.8 Å². The van der Waals surface area contributed by atoms with Gasteiger partial charge in [0.1, 0.15) is 12.8 Å². The molecule has 0 aliphatic heterocycles. The molecule has 1 aromatic rings. The quantitative estimate of drug-likeness (QED) is 0.552. The Labute approximate surface area is 75.0 Å². The van der Waals surface area contributed by atoms with E-state index in [1.54, 1.807) is 0 Å². The monoisotopic (exact) mass is 185 g/mol. The van der Waals surface area contributed by atoms with Gasteiger partial charge >= 0.3 is 5.82 Å². The average molecular weight is 185 g/mol. The van der Waals surface area contributed by atoms with Gasteiger partial charge in [0.2, 0.25) is 5.82 Å². The fourth-order valence-corrected chi connectivity index (χ4v) is 1.14. The van der Waals surface area contributed by atoms with Crippen molar-refractivity contribution in [3.63, 3.8) is 0 Å². The van der Waals surface area contributed by atoms with Crippen molar-refractivity contribution in [1.82, 2.24) is 9.55 Å². The number of aliphatic hydroxyl groups excluding tert-OH is 1. The first-order chi connectivity index (χ1) is 6.20. The SMILES string of the molecule is CCCn1c([N+](=O)[O-])cnc1CO. The van der Waals surface area contributed by atoms with E-state index in [4.69, 9.17) is 5.11 Å². The predicted molar refractivity (Wildman–Crippen MR) is 45.1 cm³/mol.